The van der Waals surface area contributed by atoms with Crippen LogP contribution in [0.25, 0.3) is 38.6 Å². The number of benzene rings is 6. The van der Waals surface area contributed by atoms with Crippen molar-refractivity contribution in [2.75, 3.05) is 4.90 Å². The van der Waals surface area contributed by atoms with E-state index in [0.717, 1.165) is 11.8 Å². The fourth-order valence-corrected chi connectivity index (χ4v) is 9.50. The van der Waals surface area contributed by atoms with Gasteiger partial charge >= 0.3 is 0 Å². The van der Waals surface area contributed by atoms with Gasteiger partial charge in [0.05, 0.1) is 11.0 Å². The summed E-state index contributed by atoms with van der Waals surface area (Å²) in [6, 6.07) is 54.1. The standard InChI is InChI=1S/C43H34N2/c1-3-11-31(12-4-1)44(33-22-24-42-38(26-33)37-16-8-10-18-41(37)45(42)32-13-5-2-6-14-32)34-21-23-36-35-15-7-9-17-39(35)43(40(36)27-34)28-29-19-20-30(43)25-29/h1-18,21-24,26-27,29-30H,19-20,25,28H2. The molecule has 2 nitrogen and oxygen atoms in total. The zero-order valence-electron chi connectivity index (χ0n) is 25.2. The highest BCUT2D eigenvalue weighted by atomic mass is 15.1. The highest BCUT2D eigenvalue weighted by Crippen LogP contribution is 2.66. The number of anilines is 3. The maximum absolute atomic E-state index is 2.56. The molecule has 1 heterocycles. The van der Waals surface area contributed by atoms with Crippen molar-refractivity contribution in [2.45, 2.75) is 31.1 Å². The average molecular weight is 579 g/mol. The molecule has 10 rings (SSSR count). The normalized spacial score (nSPS) is 21.1. The van der Waals surface area contributed by atoms with Gasteiger partial charge in [0, 0.05) is 38.9 Å². The summed E-state index contributed by atoms with van der Waals surface area (Å²) < 4.78 is 2.40. The lowest BCUT2D eigenvalue weighted by molar-refractivity contribution is 0.327. The van der Waals surface area contributed by atoms with E-state index in [1.54, 1.807) is 11.1 Å². The number of fused-ring (bicyclic) bond motifs is 11. The fraction of sp³-hybridized carbons (Fsp3) is 0.163. The summed E-state index contributed by atoms with van der Waals surface area (Å²) >= 11 is 0. The molecule has 45 heavy (non-hydrogen) atoms. The largest absolute Gasteiger partial charge is 0.310 e. The smallest absolute Gasteiger partial charge is 0.0542 e. The van der Waals surface area contributed by atoms with Gasteiger partial charge in [0.2, 0.25) is 0 Å². The molecule has 3 atom stereocenters. The summed E-state index contributed by atoms with van der Waals surface area (Å²) in [5.74, 6) is 1.60. The van der Waals surface area contributed by atoms with Gasteiger partial charge in [0.25, 0.3) is 0 Å². The molecule has 6 aromatic carbocycles. The lowest BCUT2D eigenvalue weighted by Crippen LogP contribution is -2.32. The maximum Gasteiger partial charge on any atom is 0.0542 e. The minimum atomic E-state index is 0.153. The van der Waals surface area contributed by atoms with Gasteiger partial charge in [-0.2, -0.15) is 0 Å². The first kappa shape index (κ1) is 25.3. The zero-order valence-corrected chi connectivity index (χ0v) is 25.2. The minimum absolute atomic E-state index is 0.153. The average Bonchev–Trinajstić information content (AvgIpc) is 3.87. The van der Waals surface area contributed by atoms with E-state index in [1.165, 1.54) is 81.4 Å². The molecule has 3 aliphatic carbocycles. The van der Waals surface area contributed by atoms with E-state index in [4.69, 9.17) is 0 Å². The molecule has 0 aliphatic heterocycles. The van der Waals surface area contributed by atoms with E-state index < -0.39 is 0 Å². The Labute approximate surface area is 264 Å². The monoisotopic (exact) mass is 578 g/mol. The lowest BCUT2D eigenvalue weighted by atomic mass is 9.67. The van der Waals surface area contributed by atoms with E-state index in [9.17, 15) is 0 Å². The first-order valence-electron chi connectivity index (χ1n) is 16.5. The third-order valence-corrected chi connectivity index (χ3v) is 11.2. The fourth-order valence-electron chi connectivity index (χ4n) is 9.50. The molecule has 0 N–H and O–H groups in total. The van der Waals surface area contributed by atoms with Crippen LogP contribution in [0.1, 0.15) is 36.8 Å². The van der Waals surface area contributed by atoms with Crippen molar-refractivity contribution < 1.29 is 0 Å². The van der Waals surface area contributed by atoms with Crippen LogP contribution in [0, 0.1) is 11.8 Å². The van der Waals surface area contributed by atoms with E-state index >= 15 is 0 Å². The van der Waals surface area contributed by atoms with E-state index in [1.807, 2.05) is 0 Å². The van der Waals surface area contributed by atoms with Gasteiger partial charge < -0.3 is 9.47 Å². The first-order chi connectivity index (χ1) is 22.3. The van der Waals surface area contributed by atoms with Crippen molar-refractivity contribution in [3.05, 3.63) is 157 Å². The van der Waals surface area contributed by atoms with Crippen molar-refractivity contribution in [3.63, 3.8) is 0 Å². The molecule has 0 saturated heterocycles. The molecule has 7 aromatic rings. The molecule has 3 aliphatic rings. The quantitative estimate of drug-likeness (QED) is 0.202. The molecule has 0 radical (unpaired) electrons. The highest BCUT2D eigenvalue weighted by Gasteiger charge is 2.56. The van der Waals surface area contributed by atoms with Crippen molar-refractivity contribution in [1.82, 2.24) is 4.57 Å². The van der Waals surface area contributed by atoms with Crippen molar-refractivity contribution in [2.24, 2.45) is 11.8 Å². The van der Waals surface area contributed by atoms with E-state index in [0.29, 0.717) is 0 Å². The Morgan fingerprint density at radius 3 is 2.04 bits per heavy atom. The summed E-state index contributed by atoms with van der Waals surface area (Å²) in [7, 11) is 0. The maximum atomic E-state index is 2.56. The van der Waals surface area contributed by atoms with Crippen molar-refractivity contribution >= 4 is 38.9 Å². The van der Waals surface area contributed by atoms with E-state index in [2.05, 4.69) is 155 Å². The topological polar surface area (TPSA) is 8.17 Å². The van der Waals surface area contributed by atoms with Crippen LogP contribution in [-0.2, 0) is 5.41 Å². The molecule has 216 valence electrons. The lowest BCUT2D eigenvalue weighted by Gasteiger charge is -2.37. The molecular formula is C43H34N2. The summed E-state index contributed by atoms with van der Waals surface area (Å²) in [4.78, 5) is 2.47. The molecule has 2 bridgehead atoms. The Hall–Kier alpha value is -5.08. The van der Waals surface area contributed by atoms with Gasteiger partial charge in [-0.25, -0.2) is 0 Å². The molecule has 3 unspecified atom stereocenters. The van der Waals surface area contributed by atoms with Gasteiger partial charge in [-0.15, -0.1) is 0 Å². The molecule has 0 amide bonds. The van der Waals surface area contributed by atoms with Crippen LogP contribution in [0.3, 0.4) is 0 Å². The van der Waals surface area contributed by atoms with Crippen LogP contribution in [0.2, 0.25) is 0 Å². The Bertz CT molecular complexity index is 2250. The number of hydrogen-bond acceptors (Lipinski definition) is 1. The van der Waals surface area contributed by atoms with Crippen molar-refractivity contribution in [1.29, 1.82) is 0 Å². The molecular weight excluding hydrogens is 544 g/mol. The van der Waals surface area contributed by atoms with E-state index in [-0.39, 0.29) is 5.41 Å². The molecule has 2 saturated carbocycles. The van der Waals surface area contributed by atoms with Crippen LogP contribution >= 0.6 is 0 Å². The van der Waals surface area contributed by atoms with Crippen LogP contribution in [-0.4, -0.2) is 4.57 Å². The van der Waals surface area contributed by atoms with Crippen LogP contribution in [0.4, 0.5) is 17.1 Å². The first-order valence-corrected chi connectivity index (χ1v) is 16.5. The second-order valence-electron chi connectivity index (χ2n) is 13.4. The second kappa shape index (κ2) is 9.46. The van der Waals surface area contributed by atoms with Crippen LogP contribution in [0.15, 0.2) is 146 Å². The van der Waals surface area contributed by atoms with Gasteiger partial charge in [-0.1, -0.05) is 91.3 Å². The summed E-state index contributed by atoms with van der Waals surface area (Å²) in [5.41, 5.74) is 13.4. The van der Waals surface area contributed by atoms with Gasteiger partial charge in [0.15, 0.2) is 0 Å². The number of nitrogens with zero attached hydrogens (tertiary/aromatic N) is 2. The SMILES string of the molecule is c1ccc(N(c2ccc3c(c2)C2(CC4CCC2C4)c2ccccc2-3)c2ccc3c(c2)c2ccccc2n3-c2ccccc2)cc1. The third-order valence-electron chi connectivity index (χ3n) is 11.2. The van der Waals surface area contributed by atoms with Crippen molar-refractivity contribution in [3.8, 4) is 16.8 Å². The third kappa shape index (κ3) is 3.51. The number of aromatic nitrogens is 1. The van der Waals surface area contributed by atoms with Gasteiger partial charge in [0.1, 0.15) is 0 Å². The van der Waals surface area contributed by atoms with Crippen LogP contribution < -0.4 is 4.90 Å². The van der Waals surface area contributed by atoms with Gasteiger partial charge in [-0.3, -0.25) is 0 Å². The number of rotatable bonds is 4. The Balaban J connectivity index is 1.19. The second-order valence-corrected chi connectivity index (χ2v) is 13.4. The number of para-hydroxylation sites is 3. The molecule has 1 aromatic heterocycles. The Morgan fingerprint density at radius 1 is 0.533 bits per heavy atom. The molecule has 1 spiro atoms. The highest BCUT2D eigenvalue weighted by molar-refractivity contribution is 6.10. The summed E-state index contributed by atoms with van der Waals surface area (Å²) in [6.45, 7) is 0. The molecule has 2 heteroatoms. The Kier molecular flexibility index (Phi) is 5.31. The summed E-state index contributed by atoms with van der Waals surface area (Å²) in [5, 5.41) is 2.54. The number of hydrogen-bond donors (Lipinski definition) is 0. The predicted octanol–water partition coefficient (Wildman–Crippen LogP) is 11.3. The zero-order chi connectivity index (χ0) is 29.5. The van der Waals surface area contributed by atoms with Gasteiger partial charge in [-0.05, 0) is 114 Å². The predicted molar refractivity (Wildman–Crippen MR) is 187 cm³/mol. The Morgan fingerprint density at radius 2 is 1.22 bits per heavy atom. The van der Waals surface area contributed by atoms with Crippen LogP contribution in [0.5, 0.6) is 0 Å². The minimum Gasteiger partial charge on any atom is -0.310 e. The molecule has 2 fully saturated rings. The summed E-state index contributed by atoms with van der Waals surface area (Å²) in [6.07, 6.45) is 5.42.